The van der Waals surface area contributed by atoms with E-state index in [1.165, 1.54) is 0 Å². The van der Waals surface area contributed by atoms with Crippen LogP contribution in [-0.2, 0) is 4.79 Å². The van der Waals surface area contributed by atoms with E-state index in [9.17, 15) is 4.79 Å². The van der Waals surface area contributed by atoms with Crippen molar-refractivity contribution in [2.24, 2.45) is 11.7 Å². The summed E-state index contributed by atoms with van der Waals surface area (Å²) < 4.78 is 5.10. The molecule has 0 fully saturated rings. The molecule has 0 spiro atoms. The average molecular weight is 273 g/mol. The largest absolute Gasteiger partial charge is 0.497 e. The quantitative estimate of drug-likeness (QED) is 0.860. The minimum absolute atomic E-state index is 0. The van der Waals surface area contributed by atoms with Gasteiger partial charge in [-0.05, 0) is 23.6 Å². The summed E-state index contributed by atoms with van der Waals surface area (Å²) in [5, 5.41) is 2.92. The van der Waals surface area contributed by atoms with Gasteiger partial charge >= 0.3 is 0 Å². The predicted molar refractivity (Wildman–Crippen MR) is 75.0 cm³/mol. The Bertz CT molecular complexity index is 366. The third kappa shape index (κ3) is 4.55. The number of ether oxygens (including phenoxy) is 1. The minimum Gasteiger partial charge on any atom is -0.497 e. The van der Waals surface area contributed by atoms with Crippen LogP contribution in [0.25, 0.3) is 0 Å². The lowest BCUT2D eigenvalue weighted by atomic mass is 9.96. The van der Waals surface area contributed by atoms with Crippen LogP contribution >= 0.6 is 12.4 Å². The number of halogens is 1. The highest BCUT2D eigenvalue weighted by Gasteiger charge is 2.17. The van der Waals surface area contributed by atoms with Crippen LogP contribution in [0.1, 0.15) is 25.5 Å². The summed E-state index contributed by atoms with van der Waals surface area (Å²) in [5.41, 5.74) is 6.37. The van der Waals surface area contributed by atoms with Gasteiger partial charge in [0.05, 0.1) is 19.7 Å². The topological polar surface area (TPSA) is 64.3 Å². The van der Waals surface area contributed by atoms with Crippen LogP contribution in [0.5, 0.6) is 5.75 Å². The molecule has 3 N–H and O–H groups in total. The fourth-order valence-corrected chi connectivity index (χ4v) is 1.68. The highest BCUT2D eigenvalue weighted by Crippen LogP contribution is 2.23. The van der Waals surface area contributed by atoms with E-state index in [2.05, 4.69) is 19.2 Å². The fourth-order valence-electron chi connectivity index (χ4n) is 1.68. The van der Waals surface area contributed by atoms with Crippen LogP contribution in [0.15, 0.2) is 24.3 Å². The van der Waals surface area contributed by atoms with Crippen molar-refractivity contribution in [1.82, 2.24) is 5.32 Å². The van der Waals surface area contributed by atoms with Crippen LogP contribution in [0.4, 0.5) is 0 Å². The van der Waals surface area contributed by atoms with E-state index in [1.54, 1.807) is 7.11 Å². The Morgan fingerprint density at radius 1 is 1.33 bits per heavy atom. The molecule has 4 nitrogen and oxygen atoms in total. The van der Waals surface area contributed by atoms with Crippen molar-refractivity contribution >= 4 is 18.3 Å². The molecule has 0 aromatic heterocycles. The molecule has 1 atom stereocenters. The summed E-state index contributed by atoms with van der Waals surface area (Å²) in [6.07, 6.45) is 0. The van der Waals surface area contributed by atoms with Gasteiger partial charge in [-0.15, -0.1) is 12.4 Å². The molecule has 0 bridgehead atoms. The second kappa shape index (κ2) is 7.95. The van der Waals surface area contributed by atoms with Gasteiger partial charge in [0.25, 0.3) is 0 Å². The second-order valence-corrected chi connectivity index (χ2v) is 4.27. The lowest BCUT2D eigenvalue weighted by molar-refractivity contribution is -0.120. The number of hydrogen-bond acceptors (Lipinski definition) is 3. The Hall–Kier alpha value is -1.26. The van der Waals surface area contributed by atoms with Crippen molar-refractivity contribution in [3.63, 3.8) is 0 Å². The van der Waals surface area contributed by atoms with E-state index in [0.29, 0.717) is 5.92 Å². The van der Waals surface area contributed by atoms with Crippen molar-refractivity contribution in [2.45, 2.75) is 19.9 Å². The maximum atomic E-state index is 11.4. The highest BCUT2D eigenvalue weighted by atomic mass is 35.5. The molecule has 0 aliphatic rings. The molecule has 0 radical (unpaired) electrons. The first-order chi connectivity index (χ1) is 8.08. The number of hydrogen-bond donors (Lipinski definition) is 2. The van der Waals surface area contributed by atoms with Gasteiger partial charge in [0.1, 0.15) is 5.75 Å². The molecule has 102 valence electrons. The molecule has 1 amide bonds. The van der Waals surface area contributed by atoms with Crippen molar-refractivity contribution in [3.05, 3.63) is 29.8 Å². The van der Waals surface area contributed by atoms with Crippen molar-refractivity contribution in [2.75, 3.05) is 13.7 Å². The molecular formula is C13H21ClN2O2. The third-order valence-corrected chi connectivity index (χ3v) is 2.64. The molecule has 0 aliphatic heterocycles. The van der Waals surface area contributed by atoms with Crippen LogP contribution in [-0.4, -0.2) is 19.6 Å². The normalized spacial score (nSPS) is 11.6. The number of methoxy groups -OCH3 is 1. The maximum absolute atomic E-state index is 11.4. The summed E-state index contributed by atoms with van der Waals surface area (Å²) in [4.78, 5) is 11.4. The monoisotopic (exact) mass is 272 g/mol. The molecule has 1 aromatic rings. The Kier molecular flexibility index (Phi) is 7.39. The zero-order chi connectivity index (χ0) is 12.8. The number of rotatable bonds is 5. The molecule has 5 heteroatoms. The summed E-state index contributed by atoms with van der Waals surface area (Å²) in [6.45, 7) is 4.14. The van der Waals surface area contributed by atoms with Gasteiger partial charge in [0.15, 0.2) is 0 Å². The zero-order valence-corrected chi connectivity index (χ0v) is 11.8. The molecule has 0 aliphatic carbocycles. The molecule has 1 rings (SSSR count). The lowest BCUT2D eigenvalue weighted by Gasteiger charge is -2.22. The summed E-state index contributed by atoms with van der Waals surface area (Å²) in [5.74, 6) is 0.972. The number of carbonyl (C=O) groups is 1. The fraction of sp³-hybridized carbons (Fsp3) is 0.462. The van der Waals surface area contributed by atoms with E-state index >= 15 is 0 Å². The highest BCUT2D eigenvalue weighted by molar-refractivity contribution is 5.85. The van der Waals surface area contributed by atoms with Gasteiger partial charge in [-0.1, -0.05) is 26.0 Å². The van der Waals surface area contributed by atoms with Crippen LogP contribution < -0.4 is 15.8 Å². The SMILES string of the molecule is COc1ccc(C(NC(=O)CN)C(C)C)cc1.Cl. The van der Waals surface area contributed by atoms with Crippen LogP contribution in [0, 0.1) is 5.92 Å². The minimum atomic E-state index is -0.139. The molecular weight excluding hydrogens is 252 g/mol. The van der Waals surface area contributed by atoms with Gasteiger partial charge < -0.3 is 15.8 Å². The van der Waals surface area contributed by atoms with E-state index in [-0.39, 0.29) is 30.9 Å². The van der Waals surface area contributed by atoms with E-state index in [1.807, 2.05) is 24.3 Å². The second-order valence-electron chi connectivity index (χ2n) is 4.27. The molecule has 1 unspecified atom stereocenters. The first-order valence-corrected chi connectivity index (χ1v) is 5.72. The molecule has 1 aromatic carbocycles. The Morgan fingerprint density at radius 3 is 2.28 bits per heavy atom. The first-order valence-electron chi connectivity index (χ1n) is 5.72. The van der Waals surface area contributed by atoms with Crippen LogP contribution in [0.3, 0.4) is 0 Å². The van der Waals surface area contributed by atoms with Crippen molar-refractivity contribution in [1.29, 1.82) is 0 Å². The number of nitrogens with one attached hydrogen (secondary N) is 1. The average Bonchev–Trinajstić information content (AvgIpc) is 2.35. The number of carbonyl (C=O) groups excluding carboxylic acids is 1. The van der Waals surface area contributed by atoms with Gasteiger partial charge in [-0.3, -0.25) is 4.79 Å². The smallest absolute Gasteiger partial charge is 0.234 e. The zero-order valence-electron chi connectivity index (χ0n) is 11.0. The van der Waals surface area contributed by atoms with Crippen molar-refractivity contribution in [3.8, 4) is 5.75 Å². The molecule has 0 heterocycles. The van der Waals surface area contributed by atoms with E-state index in [4.69, 9.17) is 10.5 Å². The van der Waals surface area contributed by atoms with Crippen molar-refractivity contribution < 1.29 is 9.53 Å². The lowest BCUT2D eigenvalue weighted by Crippen LogP contribution is -2.36. The van der Waals surface area contributed by atoms with Gasteiger partial charge in [-0.25, -0.2) is 0 Å². The van der Waals surface area contributed by atoms with Gasteiger partial charge in [-0.2, -0.15) is 0 Å². The van der Waals surface area contributed by atoms with Gasteiger partial charge in [0.2, 0.25) is 5.91 Å². The third-order valence-electron chi connectivity index (χ3n) is 2.64. The molecule has 0 saturated carbocycles. The molecule has 0 saturated heterocycles. The summed E-state index contributed by atoms with van der Waals surface area (Å²) in [6, 6.07) is 7.68. The Labute approximate surface area is 114 Å². The number of nitrogens with two attached hydrogens (primary N) is 1. The van der Waals surface area contributed by atoms with E-state index < -0.39 is 0 Å². The number of amides is 1. The van der Waals surface area contributed by atoms with E-state index in [0.717, 1.165) is 11.3 Å². The number of benzene rings is 1. The predicted octanol–water partition coefficient (Wildman–Crippen LogP) is 1.89. The van der Waals surface area contributed by atoms with Gasteiger partial charge in [0, 0.05) is 0 Å². The molecule has 18 heavy (non-hydrogen) atoms. The summed E-state index contributed by atoms with van der Waals surface area (Å²) in [7, 11) is 1.63. The first kappa shape index (κ1) is 16.7. The summed E-state index contributed by atoms with van der Waals surface area (Å²) >= 11 is 0. The Balaban J connectivity index is 0.00000289. The standard InChI is InChI=1S/C13H20N2O2.ClH/c1-9(2)13(15-12(16)8-14)10-4-6-11(17-3)7-5-10;/h4-7,9,13H,8,14H2,1-3H3,(H,15,16);1H. The van der Waals surface area contributed by atoms with Crippen LogP contribution in [0.2, 0.25) is 0 Å². The maximum Gasteiger partial charge on any atom is 0.234 e. The Morgan fingerprint density at radius 2 is 1.89 bits per heavy atom.